The smallest absolute Gasteiger partial charge is 0.144 e. The molecule has 1 aromatic carbocycles. The molecule has 1 aliphatic heterocycles. The predicted molar refractivity (Wildman–Crippen MR) is 81.0 cm³/mol. The zero-order valence-corrected chi connectivity index (χ0v) is 12.2. The Bertz CT molecular complexity index is 602. The molecule has 1 aromatic heterocycles. The van der Waals surface area contributed by atoms with Gasteiger partial charge in [0.1, 0.15) is 11.6 Å². The van der Waals surface area contributed by atoms with Crippen LogP contribution in [0.2, 0.25) is 0 Å². The van der Waals surface area contributed by atoms with E-state index in [2.05, 4.69) is 11.6 Å². The zero-order chi connectivity index (χ0) is 13.4. The molecular formula is C14H19N3OS. The van der Waals surface area contributed by atoms with E-state index in [1.165, 1.54) is 30.2 Å². The molecule has 1 fully saturated rings. The molecule has 0 unspecified atom stereocenters. The molecule has 2 aromatic rings. The fraction of sp³-hybridized carbons (Fsp3) is 0.500. The molecule has 0 amide bonds. The van der Waals surface area contributed by atoms with Crippen LogP contribution in [0, 0.1) is 0 Å². The minimum Gasteiger partial charge on any atom is -0.495 e. The first kappa shape index (κ1) is 12.7. The summed E-state index contributed by atoms with van der Waals surface area (Å²) in [6.45, 7) is 0. The van der Waals surface area contributed by atoms with E-state index < -0.39 is 0 Å². The van der Waals surface area contributed by atoms with Crippen LogP contribution in [0.25, 0.3) is 11.0 Å². The van der Waals surface area contributed by atoms with Crippen molar-refractivity contribution < 1.29 is 4.74 Å². The monoisotopic (exact) mass is 277 g/mol. The minimum absolute atomic E-state index is 0.575. The van der Waals surface area contributed by atoms with Gasteiger partial charge in [0.05, 0.1) is 23.8 Å². The summed E-state index contributed by atoms with van der Waals surface area (Å²) in [6, 6.07) is 3.90. The number of nitrogens with zero attached hydrogens (tertiary/aromatic N) is 2. The fourth-order valence-electron chi connectivity index (χ4n) is 2.75. The molecule has 3 rings (SSSR count). The summed E-state index contributed by atoms with van der Waals surface area (Å²) in [5.74, 6) is 4.93. The largest absolute Gasteiger partial charge is 0.495 e. The van der Waals surface area contributed by atoms with Crippen molar-refractivity contribution in [2.75, 3.05) is 24.3 Å². The molecule has 1 aliphatic rings. The molecule has 102 valence electrons. The Morgan fingerprint density at radius 2 is 2.11 bits per heavy atom. The summed E-state index contributed by atoms with van der Waals surface area (Å²) in [7, 11) is 3.72. The van der Waals surface area contributed by atoms with Crippen molar-refractivity contribution >= 4 is 28.5 Å². The first-order chi connectivity index (χ1) is 9.20. The van der Waals surface area contributed by atoms with Crippen molar-refractivity contribution in [2.24, 2.45) is 7.05 Å². The molecule has 2 heterocycles. The Hall–Kier alpha value is -1.36. The van der Waals surface area contributed by atoms with Crippen molar-refractivity contribution in [1.82, 2.24) is 9.55 Å². The molecule has 0 atom stereocenters. The highest BCUT2D eigenvalue weighted by atomic mass is 32.2. The number of ether oxygens (including phenoxy) is 1. The third-order valence-electron chi connectivity index (χ3n) is 3.85. The van der Waals surface area contributed by atoms with Crippen LogP contribution in [0.15, 0.2) is 12.1 Å². The van der Waals surface area contributed by atoms with Crippen molar-refractivity contribution in [3.05, 3.63) is 18.0 Å². The van der Waals surface area contributed by atoms with Gasteiger partial charge in [0.25, 0.3) is 0 Å². The van der Waals surface area contributed by atoms with Gasteiger partial charge in [0.2, 0.25) is 0 Å². The number of aryl methyl sites for hydroxylation is 1. The number of methoxy groups -OCH3 is 1. The number of anilines is 1. The van der Waals surface area contributed by atoms with E-state index in [1.807, 2.05) is 23.9 Å². The van der Waals surface area contributed by atoms with Crippen LogP contribution in [-0.4, -0.2) is 28.2 Å². The van der Waals surface area contributed by atoms with Crippen LogP contribution in [0.3, 0.4) is 0 Å². The summed E-state index contributed by atoms with van der Waals surface area (Å²) in [5, 5.41) is 0. The van der Waals surface area contributed by atoms with E-state index in [4.69, 9.17) is 15.5 Å². The first-order valence-corrected chi connectivity index (χ1v) is 7.73. The van der Waals surface area contributed by atoms with E-state index in [1.54, 1.807) is 7.11 Å². The number of thioether (sulfide) groups is 1. The average molecular weight is 277 g/mol. The summed E-state index contributed by atoms with van der Waals surface area (Å²) in [6.07, 6.45) is 2.43. The second-order valence-corrected chi connectivity index (χ2v) is 6.22. The number of imidazole rings is 1. The van der Waals surface area contributed by atoms with Gasteiger partial charge in [-0.15, -0.1) is 0 Å². The number of nitrogens with two attached hydrogens (primary N) is 1. The lowest BCUT2D eigenvalue weighted by molar-refractivity contribution is 0.417. The van der Waals surface area contributed by atoms with Gasteiger partial charge in [-0.25, -0.2) is 4.98 Å². The summed E-state index contributed by atoms with van der Waals surface area (Å²) in [5.41, 5.74) is 8.72. The lowest BCUT2D eigenvalue weighted by Crippen LogP contribution is -2.12. The molecule has 19 heavy (non-hydrogen) atoms. The Labute approximate surface area is 117 Å². The van der Waals surface area contributed by atoms with Crippen LogP contribution in [-0.2, 0) is 7.05 Å². The van der Waals surface area contributed by atoms with Crippen molar-refractivity contribution in [3.8, 4) is 5.75 Å². The van der Waals surface area contributed by atoms with Gasteiger partial charge in [0.15, 0.2) is 0 Å². The maximum atomic E-state index is 5.98. The van der Waals surface area contributed by atoms with Crippen LogP contribution in [0.5, 0.6) is 5.75 Å². The highest BCUT2D eigenvalue weighted by Gasteiger charge is 2.21. The second kappa shape index (κ2) is 4.96. The standard InChI is InChI=1S/C14H19N3OS/c1-17-12-7-10(15)13(18-2)8-11(12)16-14(17)9-3-5-19-6-4-9/h7-9H,3-6,15H2,1-2H3. The van der Waals surface area contributed by atoms with Crippen LogP contribution < -0.4 is 10.5 Å². The summed E-state index contributed by atoms with van der Waals surface area (Å²) >= 11 is 2.04. The number of nitrogen functional groups attached to an aromatic ring is 1. The highest BCUT2D eigenvalue weighted by Crippen LogP contribution is 2.34. The van der Waals surface area contributed by atoms with Crippen molar-refractivity contribution in [3.63, 3.8) is 0 Å². The normalized spacial score (nSPS) is 16.9. The number of hydrogen-bond acceptors (Lipinski definition) is 4. The molecule has 5 heteroatoms. The predicted octanol–water partition coefficient (Wildman–Crippen LogP) is 2.77. The molecule has 0 saturated carbocycles. The first-order valence-electron chi connectivity index (χ1n) is 6.58. The molecule has 2 N–H and O–H groups in total. The van der Waals surface area contributed by atoms with E-state index in [-0.39, 0.29) is 0 Å². The molecule has 1 saturated heterocycles. The summed E-state index contributed by atoms with van der Waals surface area (Å²) < 4.78 is 7.46. The number of aromatic nitrogens is 2. The second-order valence-electron chi connectivity index (χ2n) is 5.00. The minimum atomic E-state index is 0.575. The van der Waals surface area contributed by atoms with Crippen molar-refractivity contribution in [2.45, 2.75) is 18.8 Å². The molecule has 0 spiro atoms. The van der Waals surface area contributed by atoms with Crippen LogP contribution in [0.4, 0.5) is 5.69 Å². The third-order valence-corrected chi connectivity index (χ3v) is 4.90. The van der Waals surface area contributed by atoms with Crippen LogP contribution >= 0.6 is 11.8 Å². The highest BCUT2D eigenvalue weighted by molar-refractivity contribution is 7.99. The number of fused-ring (bicyclic) bond motifs is 1. The Balaban J connectivity index is 2.08. The molecular weight excluding hydrogens is 258 g/mol. The Morgan fingerprint density at radius 1 is 1.37 bits per heavy atom. The Kier molecular flexibility index (Phi) is 3.31. The lowest BCUT2D eigenvalue weighted by Gasteiger charge is -2.20. The zero-order valence-electron chi connectivity index (χ0n) is 11.3. The van der Waals surface area contributed by atoms with Gasteiger partial charge in [-0.1, -0.05) is 0 Å². The lowest BCUT2D eigenvalue weighted by atomic mass is 10.0. The molecule has 0 radical (unpaired) electrons. The van der Waals surface area contributed by atoms with E-state index >= 15 is 0 Å². The molecule has 4 nitrogen and oxygen atoms in total. The van der Waals surface area contributed by atoms with Crippen LogP contribution in [0.1, 0.15) is 24.6 Å². The average Bonchev–Trinajstić information content (AvgIpc) is 2.76. The third kappa shape index (κ3) is 2.16. The number of benzene rings is 1. The maximum Gasteiger partial charge on any atom is 0.144 e. The van der Waals surface area contributed by atoms with Crippen molar-refractivity contribution in [1.29, 1.82) is 0 Å². The van der Waals surface area contributed by atoms with Gasteiger partial charge >= 0.3 is 0 Å². The van der Waals surface area contributed by atoms with Gasteiger partial charge in [0, 0.05) is 19.0 Å². The summed E-state index contributed by atoms with van der Waals surface area (Å²) in [4.78, 5) is 4.80. The van der Waals surface area contributed by atoms with E-state index in [0.29, 0.717) is 17.4 Å². The van der Waals surface area contributed by atoms with Gasteiger partial charge < -0.3 is 15.0 Å². The SMILES string of the molecule is COc1cc2nc(C3CCSCC3)n(C)c2cc1N. The van der Waals surface area contributed by atoms with Gasteiger partial charge in [-0.3, -0.25) is 0 Å². The number of rotatable bonds is 2. The fourth-order valence-corrected chi connectivity index (χ4v) is 3.86. The maximum absolute atomic E-state index is 5.98. The van der Waals surface area contributed by atoms with E-state index in [0.717, 1.165) is 11.0 Å². The van der Waals surface area contributed by atoms with Gasteiger partial charge in [-0.2, -0.15) is 11.8 Å². The Morgan fingerprint density at radius 3 is 2.79 bits per heavy atom. The van der Waals surface area contributed by atoms with E-state index in [9.17, 15) is 0 Å². The van der Waals surface area contributed by atoms with Gasteiger partial charge in [-0.05, 0) is 30.4 Å². The molecule has 0 bridgehead atoms. The molecule has 0 aliphatic carbocycles. The quantitative estimate of drug-likeness (QED) is 0.858. The number of hydrogen-bond donors (Lipinski definition) is 1. The topological polar surface area (TPSA) is 53.1 Å².